The molecule has 0 radical (unpaired) electrons. The van der Waals surface area contributed by atoms with Crippen LogP contribution in [-0.2, 0) is 11.3 Å². The number of aromatic nitrogens is 2. The first-order valence-corrected chi connectivity index (χ1v) is 7.46. The fourth-order valence-electron chi connectivity index (χ4n) is 3.21. The fraction of sp³-hybridized carbons (Fsp3) is 0.786. The van der Waals surface area contributed by atoms with Crippen molar-refractivity contribution < 1.29 is 9.84 Å². The number of rotatable bonds is 6. The molecule has 1 N–H and O–H groups in total. The normalized spacial score (nSPS) is 19.7. The number of hydrogen-bond acceptors (Lipinski definition) is 4. The SMILES string of the molecule is COCCn1ncc(Cl)c1C(O)C1(N(C)C)CCCC1. The minimum Gasteiger partial charge on any atom is -0.385 e. The highest BCUT2D eigenvalue weighted by atomic mass is 35.5. The van der Waals surface area contributed by atoms with Crippen LogP contribution in [0.5, 0.6) is 0 Å². The first kappa shape index (κ1) is 15.8. The van der Waals surface area contributed by atoms with E-state index in [1.807, 2.05) is 14.1 Å². The van der Waals surface area contributed by atoms with Crippen LogP contribution in [0.4, 0.5) is 0 Å². The lowest BCUT2D eigenvalue weighted by Gasteiger charge is -2.40. The number of halogens is 1. The summed E-state index contributed by atoms with van der Waals surface area (Å²) in [6.45, 7) is 1.14. The van der Waals surface area contributed by atoms with Crippen molar-refractivity contribution in [2.45, 2.75) is 43.9 Å². The summed E-state index contributed by atoms with van der Waals surface area (Å²) in [5.41, 5.74) is 0.466. The molecule has 1 fully saturated rings. The van der Waals surface area contributed by atoms with Crippen LogP contribution in [0.25, 0.3) is 0 Å². The van der Waals surface area contributed by atoms with Gasteiger partial charge in [-0.1, -0.05) is 24.4 Å². The van der Waals surface area contributed by atoms with E-state index in [2.05, 4.69) is 10.00 Å². The average Bonchev–Trinajstić information content (AvgIpc) is 3.03. The maximum absolute atomic E-state index is 11.0. The van der Waals surface area contributed by atoms with Gasteiger partial charge in [0.05, 0.1) is 35.6 Å². The average molecular weight is 302 g/mol. The zero-order valence-corrected chi connectivity index (χ0v) is 13.2. The number of ether oxygens (including phenoxy) is 1. The van der Waals surface area contributed by atoms with Gasteiger partial charge in [-0.2, -0.15) is 5.10 Å². The Kier molecular flexibility index (Phi) is 5.07. The summed E-state index contributed by atoms with van der Waals surface area (Å²) in [6.07, 6.45) is 5.21. The second-order valence-corrected chi connectivity index (χ2v) is 6.11. The van der Waals surface area contributed by atoms with E-state index in [0.29, 0.717) is 23.9 Å². The summed E-state index contributed by atoms with van der Waals surface area (Å²) in [6, 6.07) is 0. The smallest absolute Gasteiger partial charge is 0.115 e. The molecule has 2 rings (SSSR count). The van der Waals surface area contributed by atoms with E-state index in [1.54, 1.807) is 18.0 Å². The number of nitrogens with zero attached hydrogens (tertiary/aromatic N) is 3. The van der Waals surface area contributed by atoms with E-state index >= 15 is 0 Å². The molecule has 1 aromatic rings. The molecule has 6 heteroatoms. The van der Waals surface area contributed by atoms with Crippen LogP contribution in [0.2, 0.25) is 5.02 Å². The summed E-state index contributed by atoms with van der Waals surface area (Å²) in [5.74, 6) is 0. The van der Waals surface area contributed by atoms with E-state index in [1.165, 1.54) is 0 Å². The lowest BCUT2D eigenvalue weighted by atomic mass is 9.87. The molecule has 1 atom stereocenters. The lowest BCUT2D eigenvalue weighted by Crippen LogP contribution is -2.47. The molecule has 0 bridgehead atoms. The van der Waals surface area contributed by atoms with Gasteiger partial charge in [0.1, 0.15) is 6.10 Å². The van der Waals surface area contributed by atoms with Crippen LogP contribution >= 0.6 is 11.6 Å². The van der Waals surface area contributed by atoms with E-state index in [9.17, 15) is 5.11 Å². The molecule has 1 aliphatic rings. The van der Waals surface area contributed by atoms with E-state index < -0.39 is 6.10 Å². The van der Waals surface area contributed by atoms with Crippen molar-refractivity contribution in [1.29, 1.82) is 0 Å². The third-order valence-electron chi connectivity index (χ3n) is 4.47. The summed E-state index contributed by atoms with van der Waals surface area (Å²) in [7, 11) is 5.70. The molecule has 1 saturated carbocycles. The summed E-state index contributed by atoms with van der Waals surface area (Å²) < 4.78 is 6.86. The molecule has 1 unspecified atom stereocenters. The molecule has 1 heterocycles. The van der Waals surface area contributed by atoms with Gasteiger partial charge in [0.15, 0.2) is 0 Å². The van der Waals surface area contributed by atoms with Crippen molar-refractivity contribution in [2.75, 3.05) is 27.8 Å². The number of aliphatic hydroxyl groups excluding tert-OH is 1. The van der Waals surface area contributed by atoms with Gasteiger partial charge in [0.2, 0.25) is 0 Å². The summed E-state index contributed by atoms with van der Waals surface area (Å²) in [5, 5.41) is 15.8. The fourth-order valence-corrected chi connectivity index (χ4v) is 3.45. The van der Waals surface area contributed by atoms with Gasteiger partial charge < -0.3 is 14.7 Å². The van der Waals surface area contributed by atoms with E-state index in [0.717, 1.165) is 25.7 Å². The van der Waals surface area contributed by atoms with Crippen LogP contribution in [0.15, 0.2) is 6.20 Å². The molecule has 1 aliphatic carbocycles. The van der Waals surface area contributed by atoms with Gasteiger partial charge in [-0.25, -0.2) is 0 Å². The van der Waals surface area contributed by atoms with Crippen LogP contribution in [-0.4, -0.2) is 53.1 Å². The highest BCUT2D eigenvalue weighted by Gasteiger charge is 2.45. The molecule has 1 aromatic heterocycles. The van der Waals surface area contributed by atoms with Crippen LogP contribution in [0, 0.1) is 0 Å². The molecule has 5 nitrogen and oxygen atoms in total. The Morgan fingerprint density at radius 2 is 2.15 bits per heavy atom. The van der Waals surface area contributed by atoms with Gasteiger partial charge in [0, 0.05) is 7.11 Å². The second kappa shape index (κ2) is 6.43. The standard InChI is InChI=1S/C14H24ClN3O2/c1-17(2)14(6-4-5-7-14)13(19)12-11(15)10-16-18(12)8-9-20-3/h10,13,19H,4-9H2,1-3H3. The zero-order valence-electron chi connectivity index (χ0n) is 12.5. The van der Waals surface area contributed by atoms with Crippen LogP contribution in [0.3, 0.4) is 0 Å². The number of aliphatic hydroxyl groups is 1. The highest BCUT2D eigenvalue weighted by Crippen LogP contribution is 2.44. The minimum atomic E-state index is -0.633. The Morgan fingerprint density at radius 1 is 1.50 bits per heavy atom. The molecule has 20 heavy (non-hydrogen) atoms. The third kappa shape index (κ3) is 2.72. The van der Waals surface area contributed by atoms with Gasteiger partial charge in [-0.3, -0.25) is 4.68 Å². The number of methoxy groups -OCH3 is 1. The minimum absolute atomic E-state index is 0.242. The Morgan fingerprint density at radius 3 is 2.70 bits per heavy atom. The first-order valence-electron chi connectivity index (χ1n) is 7.08. The molecule has 0 saturated heterocycles. The van der Waals surface area contributed by atoms with Crippen molar-refractivity contribution >= 4 is 11.6 Å². The predicted octanol–water partition coefficient (Wildman–Crippen LogP) is 2.09. The molecule has 0 spiro atoms. The van der Waals surface area contributed by atoms with Crippen molar-refractivity contribution in [3.05, 3.63) is 16.9 Å². The van der Waals surface area contributed by atoms with Crippen LogP contribution < -0.4 is 0 Å². The number of hydrogen-bond donors (Lipinski definition) is 1. The largest absolute Gasteiger partial charge is 0.385 e. The van der Waals surface area contributed by atoms with Crippen LogP contribution in [0.1, 0.15) is 37.5 Å². The second-order valence-electron chi connectivity index (χ2n) is 5.70. The maximum Gasteiger partial charge on any atom is 0.115 e. The van der Waals surface area contributed by atoms with Gasteiger partial charge in [-0.05, 0) is 26.9 Å². The quantitative estimate of drug-likeness (QED) is 0.874. The summed E-state index contributed by atoms with van der Waals surface area (Å²) >= 11 is 6.26. The molecule has 0 amide bonds. The van der Waals surface area contributed by atoms with Crippen molar-refractivity contribution in [1.82, 2.24) is 14.7 Å². The van der Waals surface area contributed by atoms with Crippen molar-refractivity contribution in [2.24, 2.45) is 0 Å². The highest BCUT2D eigenvalue weighted by molar-refractivity contribution is 6.31. The van der Waals surface area contributed by atoms with E-state index in [4.69, 9.17) is 16.3 Å². The maximum atomic E-state index is 11.0. The lowest BCUT2D eigenvalue weighted by molar-refractivity contribution is -0.0104. The Bertz CT molecular complexity index is 442. The molecule has 0 aliphatic heterocycles. The first-order chi connectivity index (χ1) is 9.53. The topological polar surface area (TPSA) is 50.5 Å². The third-order valence-corrected chi connectivity index (χ3v) is 4.76. The monoisotopic (exact) mass is 301 g/mol. The predicted molar refractivity (Wildman–Crippen MR) is 79.0 cm³/mol. The van der Waals surface area contributed by atoms with E-state index in [-0.39, 0.29) is 5.54 Å². The van der Waals surface area contributed by atoms with Crippen molar-refractivity contribution in [3.63, 3.8) is 0 Å². The zero-order chi connectivity index (χ0) is 14.8. The molecular weight excluding hydrogens is 278 g/mol. The van der Waals surface area contributed by atoms with Gasteiger partial charge in [-0.15, -0.1) is 0 Å². The van der Waals surface area contributed by atoms with Crippen molar-refractivity contribution in [3.8, 4) is 0 Å². The molecule has 114 valence electrons. The molecular formula is C14H24ClN3O2. The Labute approximate surface area is 125 Å². The summed E-state index contributed by atoms with van der Waals surface area (Å²) in [4.78, 5) is 2.13. The molecule has 0 aromatic carbocycles. The Hall–Kier alpha value is -0.620. The van der Waals surface area contributed by atoms with Gasteiger partial charge in [0.25, 0.3) is 0 Å². The Balaban J connectivity index is 2.31. The van der Waals surface area contributed by atoms with Gasteiger partial charge >= 0.3 is 0 Å². The number of likely N-dealkylation sites (N-methyl/N-ethyl adjacent to an activating group) is 1.